The van der Waals surface area contributed by atoms with Gasteiger partial charge >= 0.3 is 7.55 Å². The van der Waals surface area contributed by atoms with Crippen LogP contribution in [-0.4, -0.2) is 37.7 Å². The van der Waals surface area contributed by atoms with Gasteiger partial charge in [-0.3, -0.25) is 0 Å². The Labute approximate surface area is 109 Å². The molecule has 1 aliphatic heterocycles. The van der Waals surface area contributed by atoms with Gasteiger partial charge in [-0.2, -0.15) is 0 Å². The fourth-order valence-corrected chi connectivity index (χ4v) is 1.86. The summed E-state index contributed by atoms with van der Waals surface area (Å²) in [5.74, 6) is 0.912. The Kier molecular flexibility index (Phi) is 3.36. The van der Waals surface area contributed by atoms with E-state index in [0.29, 0.717) is 0 Å². The number of nitrogens with zero attached hydrogens (tertiary/aromatic N) is 3. The molecule has 4 nitrogen and oxygen atoms in total. The molecule has 0 spiro atoms. The van der Waals surface area contributed by atoms with Crippen LogP contribution in [0.4, 0.5) is 5.82 Å². The minimum Gasteiger partial charge on any atom is -0.384 e. The van der Waals surface area contributed by atoms with E-state index in [1.807, 2.05) is 24.3 Å². The molecule has 2 heterocycles. The van der Waals surface area contributed by atoms with Crippen LogP contribution >= 0.6 is 0 Å². The van der Waals surface area contributed by atoms with Crippen LogP contribution in [-0.2, 0) is 21.1 Å². The molecule has 0 saturated carbocycles. The number of likely N-dealkylation sites (N-methyl/N-ethyl adjacent to an activating group) is 1. The molecule has 1 fully saturated rings. The Hall–Kier alpha value is -0.797. The maximum absolute atomic E-state index is 5.27. The van der Waals surface area contributed by atoms with Crippen LogP contribution in [0.5, 0.6) is 0 Å². The van der Waals surface area contributed by atoms with Gasteiger partial charge in [0.2, 0.25) is 0 Å². The van der Waals surface area contributed by atoms with Crippen molar-refractivity contribution < 1.29 is 25.6 Å². The molecule has 0 atom stereocenters. The largest absolute Gasteiger partial charge is 0.384 e. The number of fused-ring (bicyclic) bond motifs is 1. The van der Waals surface area contributed by atoms with Gasteiger partial charge < -0.3 is 14.1 Å². The van der Waals surface area contributed by atoms with E-state index in [-0.39, 0.29) is 21.1 Å². The minimum absolute atomic E-state index is 0. The SMILES string of the molecule is CN1[B]N(c2noc3ccccc23)CC1.[Pt]. The summed E-state index contributed by atoms with van der Waals surface area (Å²) in [6, 6.07) is 7.93. The maximum atomic E-state index is 5.27. The van der Waals surface area contributed by atoms with Gasteiger partial charge in [0, 0.05) is 34.2 Å². The maximum Gasteiger partial charge on any atom is 0.353 e. The quantitative estimate of drug-likeness (QED) is 0.678. The molecule has 1 aromatic heterocycles. The standard InChI is InChI=1S/C10H11BN3O.Pt/c1-13-6-7-14(11-13)10-8-4-2-3-5-9(8)15-12-10;/h2-5H,6-7H2,1H3;. The van der Waals surface area contributed by atoms with Crippen molar-refractivity contribution in [1.29, 1.82) is 0 Å². The van der Waals surface area contributed by atoms with Crippen LogP contribution < -0.4 is 4.81 Å². The Morgan fingerprint density at radius 2 is 2.12 bits per heavy atom. The van der Waals surface area contributed by atoms with Crippen molar-refractivity contribution in [2.45, 2.75) is 0 Å². The predicted molar refractivity (Wildman–Crippen MR) is 59.7 cm³/mol. The Balaban J connectivity index is 0.000000963. The summed E-state index contributed by atoms with van der Waals surface area (Å²) in [5, 5.41) is 5.18. The van der Waals surface area contributed by atoms with Crippen molar-refractivity contribution in [1.82, 2.24) is 9.97 Å². The molecular weight excluding hydrogens is 384 g/mol. The molecule has 0 aliphatic carbocycles. The molecular formula is C10H11BN3OPt. The summed E-state index contributed by atoms with van der Waals surface area (Å²) in [4.78, 5) is 4.26. The summed E-state index contributed by atoms with van der Waals surface area (Å²) in [7, 11) is 4.12. The third-order valence-corrected chi connectivity index (χ3v) is 2.66. The Morgan fingerprint density at radius 3 is 2.88 bits per heavy atom. The zero-order valence-electron chi connectivity index (χ0n) is 8.87. The van der Waals surface area contributed by atoms with Crippen molar-refractivity contribution in [3.8, 4) is 0 Å². The van der Waals surface area contributed by atoms with E-state index in [1.165, 1.54) is 0 Å². The van der Waals surface area contributed by atoms with Gasteiger partial charge in [0.25, 0.3) is 0 Å². The van der Waals surface area contributed by atoms with E-state index in [1.54, 1.807) is 0 Å². The van der Waals surface area contributed by atoms with E-state index in [0.717, 1.165) is 29.9 Å². The number of aromatic nitrogens is 1. The first-order valence-corrected chi connectivity index (χ1v) is 5.01. The van der Waals surface area contributed by atoms with E-state index in [2.05, 4.69) is 29.4 Å². The van der Waals surface area contributed by atoms with Gasteiger partial charge in [-0.15, -0.1) is 0 Å². The number of rotatable bonds is 1. The van der Waals surface area contributed by atoms with Crippen molar-refractivity contribution in [2.75, 3.05) is 24.9 Å². The minimum atomic E-state index is 0. The van der Waals surface area contributed by atoms with E-state index in [9.17, 15) is 0 Å². The van der Waals surface area contributed by atoms with Crippen molar-refractivity contribution in [3.63, 3.8) is 0 Å². The molecule has 1 radical (unpaired) electrons. The van der Waals surface area contributed by atoms with Gasteiger partial charge in [-0.1, -0.05) is 17.3 Å². The molecule has 2 aromatic rings. The molecule has 1 aliphatic rings. The fraction of sp³-hybridized carbons (Fsp3) is 0.300. The monoisotopic (exact) mass is 395 g/mol. The molecule has 3 rings (SSSR count). The van der Waals surface area contributed by atoms with E-state index in [4.69, 9.17) is 4.52 Å². The fourth-order valence-electron chi connectivity index (χ4n) is 1.86. The first-order chi connectivity index (χ1) is 7.34. The van der Waals surface area contributed by atoms with Crippen molar-refractivity contribution in [2.24, 2.45) is 0 Å². The zero-order valence-corrected chi connectivity index (χ0v) is 11.1. The van der Waals surface area contributed by atoms with Gasteiger partial charge in [0.1, 0.15) is 0 Å². The number of hydrogen-bond donors (Lipinski definition) is 0. The van der Waals surface area contributed by atoms with Crippen molar-refractivity contribution in [3.05, 3.63) is 24.3 Å². The smallest absolute Gasteiger partial charge is 0.353 e. The Morgan fingerprint density at radius 1 is 1.31 bits per heavy atom. The van der Waals surface area contributed by atoms with Crippen LogP contribution in [0.3, 0.4) is 0 Å². The summed E-state index contributed by atoms with van der Waals surface area (Å²) in [6.45, 7) is 1.99. The number of anilines is 1. The molecule has 0 N–H and O–H groups in total. The van der Waals surface area contributed by atoms with Crippen LogP contribution in [0.1, 0.15) is 0 Å². The van der Waals surface area contributed by atoms with Gasteiger partial charge in [-0.05, 0) is 19.2 Å². The second-order valence-electron chi connectivity index (χ2n) is 3.79. The summed E-state index contributed by atoms with van der Waals surface area (Å²) >= 11 is 0. The number of hydrogen-bond acceptors (Lipinski definition) is 4. The first-order valence-electron chi connectivity index (χ1n) is 5.01. The average Bonchev–Trinajstić information content (AvgIpc) is 2.83. The van der Waals surface area contributed by atoms with E-state index >= 15 is 0 Å². The van der Waals surface area contributed by atoms with Gasteiger partial charge in [-0.25, -0.2) is 0 Å². The van der Waals surface area contributed by atoms with Crippen LogP contribution in [0, 0.1) is 0 Å². The normalized spacial score (nSPS) is 16.2. The van der Waals surface area contributed by atoms with Crippen LogP contribution in [0.2, 0.25) is 0 Å². The average molecular weight is 395 g/mol. The van der Waals surface area contributed by atoms with Gasteiger partial charge in [0.15, 0.2) is 11.4 Å². The van der Waals surface area contributed by atoms with Crippen LogP contribution in [0.25, 0.3) is 11.0 Å². The molecule has 0 bridgehead atoms. The molecule has 0 amide bonds. The topological polar surface area (TPSA) is 32.5 Å². The van der Waals surface area contributed by atoms with Gasteiger partial charge in [0.05, 0.1) is 5.39 Å². The third-order valence-electron chi connectivity index (χ3n) is 2.66. The molecule has 85 valence electrons. The summed E-state index contributed by atoms with van der Waals surface area (Å²) in [6.07, 6.45) is 0. The predicted octanol–water partition coefficient (Wildman–Crippen LogP) is 1.11. The molecule has 16 heavy (non-hydrogen) atoms. The first kappa shape index (κ1) is 11.7. The van der Waals surface area contributed by atoms with Crippen molar-refractivity contribution >= 4 is 24.3 Å². The summed E-state index contributed by atoms with van der Waals surface area (Å²) in [5.41, 5.74) is 0.843. The third kappa shape index (κ3) is 1.90. The number of para-hydroxylation sites is 1. The second-order valence-corrected chi connectivity index (χ2v) is 3.79. The van der Waals surface area contributed by atoms with Crippen LogP contribution in [0.15, 0.2) is 28.8 Å². The molecule has 6 heteroatoms. The Bertz CT molecular complexity index is 490. The molecule has 1 aromatic carbocycles. The van der Waals surface area contributed by atoms with E-state index < -0.39 is 0 Å². The second kappa shape index (κ2) is 4.60. The molecule has 1 saturated heterocycles. The number of benzene rings is 1. The molecule has 0 unspecified atom stereocenters. The summed E-state index contributed by atoms with van der Waals surface area (Å²) < 4.78 is 5.27. The zero-order chi connectivity index (χ0) is 10.3.